The molecule has 0 atom stereocenters. The molecule has 0 bridgehead atoms. The van der Waals surface area contributed by atoms with Gasteiger partial charge in [-0.15, -0.1) is 0 Å². The number of anilines is 1. The van der Waals surface area contributed by atoms with Gasteiger partial charge in [-0.05, 0) is 76.7 Å². The number of hydrogen-bond acceptors (Lipinski definition) is 3. The molecule has 2 aromatic carbocycles. The summed E-state index contributed by atoms with van der Waals surface area (Å²) in [6, 6.07) is 12.6. The Bertz CT molecular complexity index is 795. The number of nitriles is 1. The Morgan fingerprint density at radius 3 is 2.61 bits per heavy atom. The summed E-state index contributed by atoms with van der Waals surface area (Å²) in [7, 11) is 1.55. The van der Waals surface area contributed by atoms with Gasteiger partial charge in [-0.25, -0.2) is 4.39 Å². The zero-order chi connectivity index (χ0) is 16.8. The Kier molecular flexibility index (Phi) is 5.71. The van der Waals surface area contributed by atoms with E-state index in [-0.39, 0.29) is 5.57 Å². The molecule has 2 aromatic rings. The zero-order valence-corrected chi connectivity index (χ0v) is 14.3. The Morgan fingerprint density at radius 2 is 2.00 bits per heavy atom. The fraction of sp³-hybridized carbons (Fsp3) is 0.0588. The minimum Gasteiger partial charge on any atom is -0.497 e. The molecule has 0 fully saturated rings. The molecule has 1 N–H and O–H groups in total. The lowest BCUT2D eigenvalue weighted by Crippen LogP contribution is -2.13. The Balaban J connectivity index is 2.24. The summed E-state index contributed by atoms with van der Waals surface area (Å²) in [6.07, 6.45) is 1.48. The maximum Gasteiger partial charge on any atom is 0.266 e. The first kappa shape index (κ1) is 17.0. The van der Waals surface area contributed by atoms with Gasteiger partial charge in [0.15, 0.2) is 0 Å². The summed E-state index contributed by atoms with van der Waals surface area (Å²) >= 11 is 2.12. The number of hydrogen-bond donors (Lipinski definition) is 1. The van der Waals surface area contributed by atoms with Crippen molar-refractivity contribution in [3.05, 3.63) is 63.0 Å². The molecular formula is C17H12FIN2O2. The number of benzene rings is 2. The van der Waals surface area contributed by atoms with E-state index in [1.54, 1.807) is 13.2 Å². The van der Waals surface area contributed by atoms with Crippen LogP contribution in [0.15, 0.2) is 48.0 Å². The van der Waals surface area contributed by atoms with Crippen molar-refractivity contribution in [2.75, 3.05) is 12.4 Å². The van der Waals surface area contributed by atoms with Crippen LogP contribution < -0.4 is 10.1 Å². The highest BCUT2D eigenvalue weighted by atomic mass is 127. The smallest absolute Gasteiger partial charge is 0.266 e. The third-order valence-corrected chi connectivity index (χ3v) is 3.53. The van der Waals surface area contributed by atoms with Crippen LogP contribution in [0.25, 0.3) is 6.08 Å². The molecule has 0 aliphatic heterocycles. The van der Waals surface area contributed by atoms with Crippen molar-refractivity contribution in [1.29, 1.82) is 5.26 Å². The van der Waals surface area contributed by atoms with Crippen LogP contribution >= 0.6 is 22.6 Å². The molecule has 0 aromatic heterocycles. The van der Waals surface area contributed by atoms with Crippen molar-refractivity contribution in [3.63, 3.8) is 0 Å². The van der Waals surface area contributed by atoms with Gasteiger partial charge in [0.05, 0.1) is 7.11 Å². The van der Waals surface area contributed by atoms with Gasteiger partial charge in [0.25, 0.3) is 5.91 Å². The van der Waals surface area contributed by atoms with E-state index in [2.05, 4.69) is 27.9 Å². The highest BCUT2D eigenvalue weighted by Crippen LogP contribution is 2.21. The van der Waals surface area contributed by atoms with Crippen molar-refractivity contribution in [1.82, 2.24) is 0 Å². The van der Waals surface area contributed by atoms with E-state index in [0.29, 0.717) is 17.0 Å². The average Bonchev–Trinajstić information content (AvgIpc) is 2.54. The summed E-state index contributed by atoms with van der Waals surface area (Å²) < 4.78 is 18.9. The number of amides is 1. The molecule has 0 spiro atoms. The van der Waals surface area contributed by atoms with Gasteiger partial charge < -0.3 is 10.1 Å². The van der Waals surface area contributed by atoms with E-state index in [0.717, 1.165) is 3.57 Å². The molecule has 23 heavy (non-hydrogen) atoms. The molecule has 1 amide bonds. The van der Waals surface area contributed by atoms with Crippen LogP contribution in [0.3, 0.4) is 0 Å². The first-order valence-electron chi connectivity index (χ1n) is 6.55. The molecule has 0 saturated heterocycles. The van der Waals surface area contributed by atoms with Crippen LogP contribution in [-0.2, 0) is 4.79 Å². The van der Waals surface area contributed by atoms with Gasteiger partial charge in [-0.2, -0.15) is 5.26 Å². The topological polar surface area (TPSA) is 62.1 Å². The number of methoxy groups -OCH3 is 1. The van der Waals surface area contributed by atoms with Crippen LogP contribution in [-0.4, -0.2) is 13.0 Å². The van der Waals surface area contributed by atoms with Crippen molar-refractivity contribution < 1.29 is 13.9 Å². The van der Waals surface area contributed by atoms with Crippen LogP contribution in [0, 0.1) is 20.7 Å². The second kappa shape index (κ2) is 7.74. The van der Waals surface area contributed by atoms with Crippen molar-refractivity contribution in [3.8, 4) is 11.8 Å². The summed E-state index contributed by atoms with van der Waals surface area (Å²) in [4.78, 5) is 12.1. The second-order valence-electron chi connectivity index (χ2n) is 4.56. The zero-order valence-electron chi connectivity index (χ0n) is 12.1. The maximum atomic E-state index is 12.9. The molecule has 6 heteroatoms. The summed E-state index contributed by atoms with van der Waals surface area (Å²) in [5.41, 5.74) is 1.04. The van der Waals surface area contributed by atoms with Gasteiger partial charge in [-0.1, -0.05) is 0 Å². The molecule has 116 valence electrons. The monoisotopic (exact) mass is 422 g/mol. The van der Waals surface area contributed by atoms with Crippen LogP contribution in [0.4, 0.5) is 10.1 Å². The normalized spacial score (nSPS) is 10.8. The number of halogens is 2. The van der Waals surface area contributed by atoms with Gasteiger partial charge >= 0.3 is 0 Å². The predicted octanol–water partition coefficient (Wildman–Crippen LogP) is 3.98. The molecule has 0 unspecified atom stereocenters. The first-order chi connectivity index (χ1) is 11.0. The number of carbonyl (C=O) groups is 1. The van der Waals surface area contributed by atoms with Crippen LogP contribution in [0.2, 0.25) is 0 Å². The lowest BCUT2D eigenvalue weighted by Gasteiger charge is -2.05. The maximum absolute atomic E-state index is 12.9. The largest absolute Gasteiger partial charge is 0.497 e. The lowest BCUT2D eigenvalue weighted by atomic mass is 10.1. The van der Waals surface area contributed by atoms with Crippen LogP contribution in [0.1, 0.15) is 5.56 Å². The third kappa shape index (κ3) is 4.79. The highest BCUT2D eigenvalue weighted by molar-refractivity contribution is 14.1. The Hall–Kier alpha value is -2.40. The molecule has 0 aliphatic rings. The number of carbonyl (C=O) groups excluding carboxylic acids is 1. The van der Waals surface area contributed by atoms with Gasteiger partial charge in [0.2, 0.25) is 0 Å². The molecule has 0 heterocycles. The fourth-order valence-corrected chi connectivity index (χ4v) is 2.50. The molecule has 0 saturated carbocycles. The van der Waals surface area contributed by atoms with Gasteiger partial charge in [0.1, 0.15) is 23.2 Å². The summed E-state index contributed by atoms with van der Waals surface area (Å²) in [6.45, 7) is 0. The predicted molar refractivity (Wildman–Crippen MR) is 94.3 cm³/mol. The Labute approximate surface area is 146 Å². The Morgan fingerprint density at radius 1 is 1.30 bits per heavy atom. The molecule has 4 nitrogen and oxygen atoms in total. The highest BCUT2D eigenvalue weighted by Gasteiger charge is 2.10. The molecule has 2 rings (SSSR count). The van der Waals surface area contributed by atoms with Crippen molar-refractivity contribution in [2.24, 2.45) is 0 Å². The minimum absolute atomic E-state index is 0.0571. The molecular weight excluding hydrogens is 410 g/mol. The second-order valence-corrected chi connectivity index (χ2v) is 5.80. The fourth-order valence-electron chi connectivity index (χ4n) is 1.83. The molecule has 0 aliphatic carbocycles. The summed E-state index contributed by atoms with van der Waals surface area (Å²) in [5.74, 6) is -0.318. The number of ether oxygens (including phenoxy) is 1. The van der Waals surface area contributed by atoms with E-state index in [9.17, 15) is 14.4 Å². The van der Waals surface area contributed by atoms with E-state index in [1.165, 1.54) is 30.3 Å². The van der Waals surface area contributed by atoms with E-state index in [1.807, 2.05) is 18.2 Å². The lowest BCUT2D eigenvalue weighted by molar-refractivity contribution is -0.112. The minimum atomic E-state index is -0.558. The first-order valence-corrected chi connectivity index (χ1v) is 7.63. The van der Waals surface area contributed by atoms with E-state index < -0.39 is 11.7 Å². The average molecular weight is 422 g/mol. The quantitative estimate of drug-likeness (QED) is 0.461. The van der Waals surface area contributed by atoms with Crippen molar-refractivity contribution in [2.45, 2.75) is 0 Å². The number of nitrogens with zero attached hydrogens (tertiary/aromatic N) is 1. The van der Waals surface area contributed by atoms with Gasteiger partial charge in [0, 0.05) is 9.26 Å². The van der Waals surface area contributed by atoms with Gasteiger partial charge in [-0.3, -0.25) is 4.79 Å². The SMILES string of the molecule is COc1cc(I)cc(/C=C(\C#N)C(=O)Nc2ccc(F)cc2)c1. The van der Waals surface area contributed by atoms with E-state index in [4.69, 9.17) is 4.74 Å². The van der Waals surface area contributed by atoms with Crippen LogP contribution in [0.5, 0.6) is 5.75 Å². The number of rotatable bonds is 4. The third-order valence-electron chi connectivity index (χ3n) is 2.91. The molecule has 0 radical (unpaired) electrons. The van der Waals surface area contributed by atoms with Crippen molar-refractivity contribution >= 4 is 40.3 Å². The standard InChI is InChI=1S/C17H12FIN2O2/c1-23-16-8-11(7-14(19)9-16)6-12(10-20)17(22)21-15-4-2-13(18)3-5-15/h2-9H,1H3,(H,21,22)/b12-6+. The van der Waals surface area contributed by atoms with E-state index >= 15 is 0 Å². The summed E-state index contributed by atoms with van der Waals surface area (Å²) in [5, 5.41) is 11.8. The number of nitrogens with one attached hydrogen (secondary N) is 1.